The van der Waals surface area contributed by atoms with Gasteiger partial charge in [-0.1, -0.05) is 36.7 Å². The highest BCUT2D eigenvalue weighted by atomic mass is 35.5. The molecule has 0 aliphatic carbocycles. The fourth-order valence-corrected chi connectivity index (χ4v) is 3.75. The number of hydrogen-bond acceptors (Lipinski definition) is 4. The summed E-state index contributed by atoms with van der Waals surface area (Å²) in [5, 5.41) is 3.35. The number of ether oxygens (including phenoxy) is 1. The molecule has 1 unspecified atom stereocenters. The van der Waals surface area contributed by atoms with Crippen LogP contribution in [0.1, 0.15) is 47.3 Å². The number of halogens is 1. The highest BCUT2D eigenvalue weighted by molar-refractivity contribution is 6.31. The number of nitrogens with zero attached hydrogens (tertiary/aromatic N) is 1. The van der Waals surface area contributed by atoms with E-state index in [4.69, 9.17) is 16.3 Å². The maximum Gasteiger partial charge on any atom is 0.307 e. The topological polar surface area (TPSA) is 75.7 Å². The predicted molar refractivity (Wildman–Crippen MR) is 111 cm³/mol. The molecule has 0 saturated carbocycles. The quantitative estimate of drug-likeness (QED) is 0.731. The van der Waals surface area contributed by atoms with E-state index in [2.05, 4.69) is 5.32 Å². The van der Waals surface area contributed by atoms with Gasteiger partial charge in [0.15, 0.2) is 0 Å². The van der Waals surface area contributed by atoms with Gasteiger partial charge in [0.25, 0.3) is 5.91 Å². The minimum Gasteiger partial charge on any atom is -0.469 e. The summed E-state index contributed by atoms with van der Waals surface area (Å²) in [5.74, 6) is -0.697. The van der Waals surface area contributed by atoms with E-state index >= 15 is 0 Å². The zero-order valence-electron chi connectivity index (χ0n) is 16.4. The molecule has 29 heavy (non-hydrogen) atoms. The van der Waals surface area contributed by atoms with Gasteiger partial charge in [-0.15, -0.1) is 0 Å². The first kappa shape index (κ1) is 20.9. The molecule has 0 spiro atoms. The minimum atomic E-state index is -0.616. The van der Waals surface area contributed by atoms with Crippen LogP contribution in [0.3, 0.4) is 0 Å². The van der Waals surface area contributed by atoms with Gasteiger partial charge in [-0.2, -0.15) is 0 Å². The van der Waals surface area contributed by atoms with Gasteiger partial charge in [-0.25, -0.2) is 0 Å². The van der Waals surface area contributed by atoms with Crippen LogP contribution in [-0.4, -0.2) is 31.4 Å². The van der Waals surface area contributed by atoms with Crippen LogP contribution in [0, 0.1) is 0 Å². The van der Waals surface area contributed by atoms with Crippen molar-refractivity contribution in [2.75, 3.05) is 18.6 Å². The molecule has 2 aromatic rings. The number of anilines is 1. The summed E-state index contributed by atoms with van der Waals surface area (Å²) in [4.78, 5) is 38.5. The SMILES string of the molecule is CCC(=O)N1CCc2cc(C(=O)NC(CC(=O)OC)c3ccccc3Cl)ccc21. The first-order valence-corrected chi connectivity index (χ1v) is 9.87. The van der Waals surface area contributed by atoms with E-state index in [0.717, 1.165) is 11.3 Å². The highest BCUT2D eigenvalue weighted by Crippen LogP contribution is 2.30. The lowest BCUT2D eigenvalue weighted by Crippen LogP contribution is -2.31. The van der Waals surface area contributed by atoms with E-state index in [1.165, 1.54) is 7.11 Å². The first-order chi connectivity index (χ1) is 13.9. The molecule has 1 heterocycles. The highest BCUT2D eigenvalue weighted by Gasteiger charge is 2.26. The molecule has 1 aliphatic rings. The number of fused-ring (bicyclic) bond motifs is 1. The number of hydrogen-bond donors (Lipinski definition) is 1. The zero-order valence-corrected chi connectivity index (χ0v) is 17.2. The van der Waals surface area contributed by atoms with Crippen molar-refractivity contribution in [2.24, 2.45) is 0 Å². The Morgan fingerprint density at radius 1 is 1.21 bits per heavy atom. The summed E-state index contributed by atoms with van der Waals surface area (Å²) in [6.07, 6.45) is 1.11. The van der Waals surface area contributed by atoms with Gasteiger partial charge < -0.3 is 15.0 Å². The number of carbonyl (C=O) groups is 3. The molecule has 152 valence electrons. The Kier molecular flexibility index (Phi) is 6.54. The molecule has 0 fully saturated rings. The third kappa shape index (κ3) is 4.59. The Morgan fingerprint density at radius 3 is 2.66 bits per heavy atom. The maximum absolute atomic E-state index is 12.9. The van der Waals surface area contributed by atoms with Gasteiger partial charge in [0, 0.05) is 29.2 Å². The third-order valence-corrected chi connectivity index (χ3v) is 5.37. The fraction of sp³-hybridized carbons (Fsp3) is 0.318. The van der Waals surface area contributed by atoms with Crippen molar-refractivity contribution in [3.63, 3.8) is 0 Å². The van der Waals surface area contributed by atoms with Crippen LogP contribution in [0.4, 0.5) is 5.69 Å². The molecule has 1 atom stereocenters. The minimum absolute atomic E-state index is 0.0320. The molecular formula is C22H23ClN2O4. The first-order valence-electron chi connectivity index (χ1n) is 9.50. The number of amides is 2. The summed E-state index contributed by atoms with van der Waals surface area (Å²) in [5.41, 5.74) is 2.93. The number of benzene rings is 2. The molecule has 2 amide bonds. The smallest absolute Gasteiger partial charge is 0.307 e. The number of rotatable bonds is 6. The van der Waals surface area contributed by atoms with Gasteiger partial charge in [0.05, 0.1) is 19.6 Å². The van der Waals surface area contributed by atoms with Gasteiger partial charge in [-0.05, 0) is 41.8 Å². The van der Waals surface area contributed by atoms with Crippen molar-refractivity contribution in [2.45, 2.75) is 32.2 Å². The Hall–Kier alpha value is -2.86. The standard InChI is InChI=1S/C22H23ClN2O4/c1-3-20(26)25-11-10-14-12-15(8-9-19(14)25)22(28)24-18(13-21(27)29-2)16-6-4-5-7-17(16)23/h4-9,12,18H,3,10-11,13H2,1-2H3,(H,24,28). The summed E-state index contributed by atoms with van der Waals surface area (Å²) >= 11 is 6.27. The average Bonchev–Trinajstić information content (AvgIpc) is 3.16. The largest absolute Gasteiger partial charge is 0.469 e. The Morgan fingerprint density at radius 2 is 1.97 bits per heavy atom. The molecule has 7 heteroatoms. The Labute approximate surface area is 174 Å². The van der Waals surface area contributed by atoms with Gasteiger partial charge in [0.1, 0.15) is 0 Å². The molecule has 1 N–H and O–H groups in total. The van der Waals surface area contributed by atoms with E-state index in [-0.39, 0.29) is 18.2 Å². The number of esters is 1. The van der Waals surface area contributed by atoms with Crippen LogP contribution >= 0.6 is 11.6 Å². The molecular weight excluding hydrogens is 392 g/mol. The molecule has 0 bridgehead atoms. The van der Waals surface area contributed by atoms with Crippen molar-refractivity contribution in [3.8, 4) is 0 Å². The fourth-order valence-electron chi connectivity index (χ4n) is 3.48. The van der Waals surface area contributed by atoms with Gasteiger partial charge >= 0.3 is 5.97 Å². The zero-order chi connectivity index (χ0) is 21.0. The van der Waals surface area contributed by atoms with E-state index in [0.29, 0.717) is 35.5 Å². The second-order valence-corrected chi connectivity index (χ2v) is 7.23. The van der Waals surface area contributed by atoms with Crippen LogP contribution in [0.2, 0.25) is 5.02 Å². The average molecular weight is 415 g/mol. The number of carbonyl (C=O) groups excluding carboxylic acids is 3. The molecule has 0 saturated heterocycles. The molecule has 0 aromatic heterocycles. The van der Waals surface area contributed by atoms with Crippen LogP contribution in [-0.2, 0) is 20.7 Å². The van der Waals surface area contributed by atoms with Gasteiger partial charge in [-0.3, -0.25) is 14.4 Å². The van der Waals surface area contributed by atoms with Crippen LogP contribution in [0.15, 0.2) is 42.5 Å². The monoisotopic (exact) mass is 414 g/mol. The lowest BCUT2D eigenvalue weighted by molar-refractivity contribution is -0.141. The van der Waals surface area contributed by atoms with Crippen molar-refractivity contribution in [1.82, 2.24) is 5.32 Å². The second-order valence-electron chi connectivity index (χ2n) is 6.82. The predicted octanol–water partition coefficient (Wildman–Crippen LogP) is 3.67. The lowest BCUT2D eigenvalue weighted by Gasteiger charge is -2.20. The molecule has 3 rings (SSSR count). The Bertz CT molecular complexity index is 944. The maximum atomic E-state index is 12.9. The van der Waals surface area contributed by atoms with E-state index in [9.17, 15) is 14.4 Å². The van der Waals surface area contributed by atoms with Crippen LogP contribution in [0.25, 0.3) is 0 Å². The molecule has 0 radical (unpaired) electrons. The van der Waals surface area contributed by atoms with Crippen LogP contribution < -0.4 is 10.2 Å². The number of methoxy groups -OCH3 is 1. The summed E-state index contributed by atoms with van der Waals surface area (Å²) in [6.45, 7) is 2.45. The Balaban J connectivity index is 1.82. The van der Waals surface area contributed by atoms with E-state index in [1.807, 2.05) is 6.92 Å². The molecule has 1 aliphatic heterocycles. The summed E-state index contributed by atoms with van der Waals surface area (Å²) in [6, 6.07) is 11.7. The van der Waals surface area contributed by atoms with Crippen molar-refractivity contribution < 1.29 is 19.1 Å². The van der Waals surface area contributed by atoms with Crippen molar-refractivity contribution in [1.29, 1.82) is 0 Å². The van der Waals surface area contributed by atoms with Crippen molar-refractivity contribution >= 4 is 35.1 Å². The molecule has 2 aromatic carbocycles. The summed E-state index contributed by atoms with van der Waals surface area (Å²) < 4.78 is 4.76. The second kappa shape index (κ2) is 9.09. The lowest BCUT2D eigenvalue weighted by atomic mass is 10.0. The third-order valence-electron chi connectivity index (χ3n) is 5.03. The molecule has 6 nitrogen and oxygen atoms in total. The van der Waals surface area contributed by atoms with Crippen LogP contribution in [0.5, 0.6) is 0 Å². The van der Waals surface area contributed by atoms with E-state index < -0.39 is 12.0 Å². The summed E-state index contributed by atoms with van der Waals surface area (Å²) in [7, 11) is 1.30. The number of nitrogens with one attached hydrogen (secondary N) is 1. The van der Waals surface area contributed by atoms with E-state index in [1.54, 1.807) is 47.4 Å². The van der Waals surface area contributed by atoms with Gasteiger partial charge in [0.2, 0.25) is 5.91 Å². The normalized spacial score (nSPS) is 13.6. The van der Waals surface area contributed by atoms with Crippen molar-refractivity contribution in [3.05, 3.63) is 64.2 Å².